The summed E-state index contributed by atoms with van der Waals surface area (Å²) in [5, 5.41) is 18.7. The minimum absolute atomic E-state index is 0.0182. The summed E-state index contributed by atoms with van der Waals surface area (Å²) >= 11 is 0. The average Bonchev–Trinajstić information content (AvgIpc) is 3.04. The highest BCUT2D eigenvalue weighted by atomic mass is 16.5. The first-order valence-corrected chi connectivity index (χ1v) is 14.8. The smallest absolute Gasteiger partial charge is 0.311 e. The number of esters is 1. The molecule has 3 amide bonds. The van der Waals surface area contributed by atoms with Gasteiger partial charge in [0, 0.05) is 17.7 Å². The van der Waals surface area contributed by atoms with Gasteiger partial charge in [0.25, 0.3) is 5.91 Å². The summed E-state index contributed by atoms with van der Waals surface area (Å²) in [6.45, 7) is 1.93. The number of hydrogen-bond donors (Lipinski definition) is 4. The molecule has 3 atom stereocenters. The van der Waals surface area contributed by atoms with Crippen LogP contribution in [0, 0.1) is 6.92 Å². The van der Waals surface area contributed by atoms with Gasteiger partial charge in [-0.2, -0.15) is 0 Å². The molecular weight excluding hydrogens is 586 g/mol. The van der Waals surface area contributed by atoms with Crippen molar-refractivity contribution < 1.29 is 33.8 Å². The largest absolute Gasteiger partial charge is 0.508 e. The fourth-order valence-corrected chi connectivity index (χ4v) is 5.26. The van der Waals surface area contributed by atoms with Crippen LogP contribution in [0.4, 0.5) is 5.69 Å². The van der Waals surface area contributed by atoms with Crippen molar-refractivity contribution >= 4 is 29.4 Å². The lowest BCUT2D eigenvalue weighted by Crippen LogP contribution is -2.54. The van der Waals surface area contributed by atoms with E-state index in [-0.39, 0.29) is 30.9 Å². The third-order valence-corrected chi connectivity index (χ3v) is 7.67. The molecule has 0 aliphatic carbocycles. The number of carbonyl (C=O) groups excluding carboxylic acids is 4. The lowest BCUT2D eigenvalue weighted by atomic mass is 9.93. The molecule has 236 valence electrons. The summed E-state index contributed by atoms with van der Waals surface area (Å²) in [5.74, 6) is -1.73. The number of ether oxygens (including phenoxy) is 2. The lowest BCUT2D eigenvalue weighted by Gasteiger charge is -2.34. The number of carbonyl (C=O) groups is 4. The van der Waals surface area contributed by atoms with Crippen molar-refractivity contribution in [1.82, 2.24) is 10.6 Å². The molecule has 0 saturated carbocycles. The van der Waals surface area contributed by atoms with E-state index in [2.05, 4.69) is 16.0 Å². The Morgan fingerprint density at radius 2 is 1.54 bits per heavy atom. The second kappa shape index (κ2) is 14.4. The number of hydrogen-bond acceptors (Lipinski definition) is 7. The Morgan fingerprint density at radius 3 is 2.24 bits per heavy atom. The molecule has 46 heavy (non-hydrogen) atoms. The van der Waals surface area contributed by atoms with Crippen LogP contribution in [0.3, 0.4) is 0 Å². The van der Waals surface area contributed by atoms with E-state index in [0.29, 0.717) is 22.6 Å². The third-order valence-electron chi connectivity index (χ3n) is 7.67. The zero-order valence-electron chi connectivity index (χ0n) is 25.5. The van der Waals surface area contributed by atoms with Gasteiger partial charge in [0.05, 0.1) is 20.0 Å². The molecule has 0 saturated heterocycles. The Labute approximate surface area is 266 Å². The number of aryl methyl sites for hydroxylation is 1. The molecule has 1 heterocycles. The molecule has 5 rings (SSSR count). The van der Waals surface area contributed by atoms with Crippen LogP contribution in [0.1, 0.15) is 33.9 Å². The fourth-order valence-electron chi connectivity index (χ4n) is 5.26. The fraction of sp³-hybridized carbons (Fsp3) is 0.222. The molecule has 4 aromatic carbocycles. The molecule has 0 spiro atoms. The topological polar surface area (TPSA) is 143 Å². The predicted molar refractivity (Wildman–Crippen MR) is 171 cm³/mol. The Bertz CT molecular complexity index is 1710. The van der Waals surface area contributed by atoms with Crippen LogP contribution >= 0.6 is 0 Å². The van der Waals surface area contributed by atoms with E-state index in [0.717, 1.165) is 16.7 Å². The number of fused-ring (bicyclic) bond motifs is 1. The molecule has 0 unspecified atom stereocenters. The van der Waals surface area contributed by atoms with Gasteiger partial charge in [-0.1, -0.05) is 72.3 Å². The zero-order valence-corrected chi connectivity index (χ0v) is 25.5. The van der Waals surface area contributed by atoms with Crippen LogP contribution in [-0.2, 0) is 43.2 Å². The third kappa shape index (κ3) is 8.09. The van der Waals surface area contributed by atoms with Crippen molar-refractivity contribution in [2.24, 2.45) is 0 Å². The standard InChI is InChI=1S/C36H35N3O7/c1-22-8-10-25(11-9-22)20-32(42)46-34-33(28-21-26(40)14-17-29(28)38-36(34)44)39-35(43)30(18-23-6-4-3-5-7-23)37-31(41)19-24-12-15-27(45-2)16-13-24/h3-17,21,30,33-34,40H,18-20H2,1-2H3,(H,37,41)(H,38,44)(H,39,43)/t30-,33-,34+/m0/s1. The minimum Gasteiger partial charge on any atom is -0.508 e. The summed E-state index contributed by atoms with van der Waals surface area (Å²) in [7, 11) is 1.56. The van der Waals surface area contributed by atoms with Crippen LogP contribution in [0.5, 0.6) is 11.5 Å². The van der Waals surface area contributed by atoms with E-state index in [1.807, 2.05) is 49.4 Å². The van der Waals surface area contributed by atoms with Crippen LogP contribution < -0.4 is 20.7 Å². The van der Waals surface area contributed by atoms with Crippen molar-refractivity contribution in [3.63, 3.8) is 0 Å². The highest BCUT2D eigenvalue weighted by Crippen LogP contribution is 2.35. The highest BCUT2D eigenvalue weighted by Gasteiger charge is 2.41. The Morgan fingerprint density at radius 1 is 0.870 bits per heavy atom. The Hall–Kier alpha value is -5.64. The Kier molecular flexibility index (Phi) is 9.97. The number of nitrogens with one attached hydrogen (secondary N) is 3. The quantitative estimate of drug-likeness (QED) is 0.147. The van der Waals surface area contributed by atoms with Crippen molar-refractivity contribution in [3.05, 3.63) is 125 Å². The van der Waals surface area contributed by atoms with E-state index in [1.165, 1.54) is 18.2 Å². The SMILES string of the molecule is COc1ccc(CC(=O)N[C@@H](Cc2ccccc2)C(=O)N[C@H]2c3cc(O)ccc3NC(=O)[C@@H]2OC(=O)Cc2ccc(C)cc2)cc1. The molecule has 10 heteroatoms. The van der Waals surface area contributed by atoms with Gasteiger partial charge >= 0.3 is 5.97 Å². The summed E-state index contributed by atoms with van der Waals surface area (Å²) in [5.41, 5.74) is 3.96. The lowest BCUT2D eigenvalue weighted by molar-refractivity contribution is -0.156. The molecule has 1 aliphatic heterocycles. The summed E-state index contributed by atoms with van der Waals surface area (Å²) in [6.07, 6.45) is -1.35. The Balaban J connectivity index is 1.39. The van der Waals surface area contributed by atoms with Crippen molar-refractivity contribution in [2.45, 2.75) is 44.4 Å². The van der Waals surface area contributed by atoms with E-state index >= 15 is 0 Å². The number of rotatable bonds is 11. The maximum absolute atomic E-state index is 14.0. The maximum Gasteiger partial charge on any atom is 0.311 e. The molecule has 4 N–H and O–H groups in total. The van der Waals surface area contributed by atoms with E-state index < -0.39 is 36.0 Å². The van der Waals surface area contributed by atoms with Crippen LogP contribution in [0.25, 0.3) is 0 Å². The van der Waals surface area contributed by atoms with Gasteiger partial charge in [-0.3, -0.25) is 19.2 Å². The van der Waals surface area contributed by atoms with Gasteiger partial charge in [-0.25, -0.2) is 0 Å². The number of aromatic hydroxyl groups is 1. The number of benzene rings is 4. The van der Waals surface area contributed by atoms with Gasteiger partial charge in [-0.05, 0) is 53.9 Å². The second-order valence-corrected chi connectivity index (χ2v) is 11.2. The summed E-state index contributed by atoms with van der Waals surface area (Å²) < 4.78 is 10.9. The molecular formula is C36H35N3O7. The molecule has 0 fully saturated rings. The molecule has 4 aromatic rings. The van der Waals surface area contributed by atoms with Crippen molar-refractivity contribution in [2.75, 3.05) is 12.4 Å². The molecule has 10 nitrogen and oxygen atoms in total. The predicted octanol–water partition coefficient (Wildman–Crippen LogP) is 3.94. The van der Waals surface area contributed by atoms with Crippen LogP contribution in [0.15, 0.2) is 97.1 Å². The molecule has 0 radical (unpaired) electrons. The molecule has 0 bridgehead atoms. The molecule has 1 aliphatic rings. The first kappa shape index (κ1) is 31.8. The van der Waals surface area contributed by atoms with Gasteiger partial charge in [0.15, 0.2) is 0 Å². The minimum atomic E-state index is -1.44. The van der Waals surface area contributed by atoms with E-state index in [4.69, 9.17) is 9.47 Å². The maximum atomic E-state index is 14.0. The van der Waals surface area contributed by atoms with Gasteiger partial charge in [0.1, 0.15) is 23.6 Å². The number of amides is 3. The van der Waals surface area contributed by atoms with Gasteiger partial charge < -0.3 is 30.5 Å². The van der Waals surface area contributed by atoms with E-state index in [9.17, 15) is 24.3 Å². The zero-order chi connectivity index (χ0) is 32.6. The monoisotopic (exact) mass is 621 g/mol. The van der Waals surface area contributed by atoms with Gasteiger partial charge in [-0.15, -0.1) is 0 Å². The highest BCUT2D eigenvalue weighted by molar-refractivity contribution is 6.00. The van der Waals surface area contributed by atoms with Crippen molar-refractivity contribution in [3.8, 4) is 11.5 Å². The van der Waals surface area contributed by atoms with Crippen LogP contribution in [0.2, 0.25) is 0 Å². The number of phenols is 1. The molecule has 0 aromatic heterocycles. The second-order valence-electron chi connectivity index (χ2n) is 11.2. The average molecular weight is 622 g/mol. The first-order valence-electron chi connectivity index (χ1n) is 14.8. The van der Waals surface area contributed by atoms with Gasteiger partial charge in [0.2, 0.25) is 17.9 Å². The van der Waals surface area contributed by atoms with Crippen molar-refractivity contribution in [1.29, 1.82) is 0 Å². The normalized spacial score (nSPS) is 15.9. The summed E-state index contributed by atoms with van der Waals surface area (Å²) in [4.78, 5) is 53.4. The van der Waals surface area contributed by atoms with Crippen LogP contribution in [-0.4, -0.2) is 48.1 Å². The summed E-state index contributed by atoms with van der Waals surface area (Å²) in [6, 6.07) is 25.7. The number of methoxy groups -OCH3 is 1. The van der Waals surface area contributed by atoms with E-state index in [1.54, 1.807) is 43.5 Å². The number of phenolic OH excluding ortho intramolecular Hbond substituents is 1. The number of anilines is 1. The first-order chi connectivity index (χ1) is 22.2.